The van der Waals surface area contributed by atoms with Crippen molar-refractivity contribution < 1.29 is 23.1 Å². The number of ether oxygens (including phenoxy) is 1. The average Bonchev–Trinajstić information content (AvgIpc) is 3.16. The van der Waals surface area contributed by atoms with Gasteiger partial charge in [-0.15, -0.1) is 0 Å². The molecule has 1 fully saturated rings. The van der Waals surface area contributed by atoms with Gasteiger partial charge in [0.25, 0.3) is 11.8 Å². The number of fused-ring (bicyclic) bond motifs is 1. The summed E-state index contributed by atoms with van der Waals surface area (Å²) in [4.78, 5) is 30.3. The number of carbonyl (C=O) groups excluding carboxylic acids is 2. The minimum Gasteiger partial charge on any atom is -0.465 e. The Morgan fingerprint density at radius 2 is 1.86 bits per heavy atom. The van der Waals surface area contributed by atoms with Crippen LogP contribution in [0.4, 0.5) is 8.78 Å². The van der Waals surface area contributed by atoms with Gasteiger partial charge in [0.1, 0.15) is 5.65 Å². The molecule has 1 saturated heterocycles. The van der Waals surface area contributed by atoms with E-state index in [1.165, 1.54) is 18.2 Å². The number of halogens is 2. The van der Waals surface area contributed by atoms with Crippen LogP contribution < -0.4 is 0 Å². The number of aromatic nitrogens is 2. The number of hydrogen-bond acceptors (Lipinski definition) is 4. The summed E-state index contributed by atoms with van der Waals surface area (Å²) in [5.41, 5.74) is 2.13. The third-order valence-corrected chi connectivity index (χ3v) is 5.10. The van der Waals surface area contributed by atoms with Crippen molar-refractivity contribution in [2.24, 2.45) is 0 Å². The van der Waals surface area contributed by atoms with E-state index in [9.17, 15) is 18.4 Å². The number of rotatable bonds is 3. The van der Waals surface area contributed by atoms with E-state index in [0.717, 1.165) is 11.1 Å². The molecule has 6 nitrogen and oxygen atoms in total. The summed E-state index contributed by atoms with van der Waals surface area (Å²) in [5.74, 6) is -3.43. The van der Waals surface area contributed by atoms with Gasteiger partial charge in [-0.05, 0) is 30.3 Å². The average molecular weight is 399 g/mol. The highest BCUT2D eigenvalue weighted by atomic mass is 19.3. The molecule has 29 heavy (non-hydrogen) atoms. The monoisotopic (exact) mass is 399 g/mol. The Morgan fingerprint density at radius 1 is 1.10 bits per heavy atom. The van der Waals surface area contributed by atoms with Gasteiger partial charge in [0.15, 0.2) is 0 Å². The maximum absolute atomic E-state index is 13.3. The van der Waals surface area contributed by atoms with E-state index in [0.29, 0.717) is 16.8 Å². The summed E-state index contributed by atoms with van der Waals surface area (Å²) in [6.07, 6.45) is 2.62. The maximum Gasteiger partial charge on any atom is 0.337 e. The van der Waals surface area contributed by atoms with E-state index >= 15 is 0 Å². The molecule has 0 atom stereocenters. The second-order valence-electron chi connectivity index (χ2n) is 7.01. The van der Waals surface area contributed by atoms with Crippen molar-refractivity contribution in [1.29, 1.82) is 0 Å². The molecule has 0 saturated carbocycles. The lowest BCUT2D eigenvalue weighted by Gasteiger charge is -2.31. The Labute approximate surface area is 165 Å². The zero-order valence-electron chi connectivity index (χ0n) is 15.8. The van der Waals surface area contributed by atoms with Gasteiger partial charge in [-0.1, -0.05) is 6.07 Å². The van der Waals surface area contributed by atoms with Gasteiger partial charge in [0.2, 0.25) is 0 Å². The van der Waals surface area contributed by atoms with Gasteiger partial charge in [0, 0.05) is 49.4 Å². The quantitative estimate of drug-likeness (QED) is 0.631. The lowest BCUT2D eigenvalue weighted by molar-refractivity contribution is -0.0494. The summed E-state index contributed by atoms with van der Waals surface area (Å²) in [5, 5.41) is 0.738. The molecule has 2 aromatic heterocycles. The molecule has 1 aliphatic rings. The van der Waals surface area contributed by atoms with Crippen LogP contribution >= 0.6 is 0 Å². The number of methoxy groups -OCH3 is 1. The van der Waals surface area contributed by atoms with E-state index < -0.39 is 11.9 Å². The first-order valence-corrected chi connectivity index (χ1v) is 9.21. The molecule has 1 aliphatic heterocycles. The smallest absolute Gasteiger partial charge is 0.337 e. The van der Waals surface area contributed by atoms with Gasteiger partial charge >= 0.3 is 5.97 Å². The Kier molecular flexibility index (Phi) is 4.77. The zero-order valence-corrected chi connectivity index (χ0v) is 15.8. The van der Waals surface area contributed by atoms with Crippen LogP contribution in [0.25, 0.3) is 16.7 Å². The minimum atomic E-state index is -2.70. The molecule has 4 rings (SSSR count). The number of amides is 1. The number of likely N-dealkylation sites (tertiary alicyclic amines) is 1. The van der Waals surface area contributed by atoms with Crippen LogP contribution in [0, 0.1) is 0 Å². The van der Waals surface area contributed by atoms with Crippen molar-refractivity contribution in [2.45, 2.75) is 18.8 Å². The standard InChI is InChI=1S/C21H19F2N3O3/c1-29-20(28)15-3-2-4-17(12-15)26-8-5-14-11-16(13-24-18(14)26)19(27)25-9-6-21(22,23)7-10-25/h2-5,8,11-13H,6-7,9-10H2,1H3. The van der Waals surface area contributed by atoms with Crippen LogP contribution in [0.1, 0.15) is 33.6 Å². The van der Waals surface area contributed by atoms with E-state index in [1.54, 1.807) is 35.0 Å². The highest BCUT2D eigenvalue weighted by molar-refractivity contribution is 5.97. The van der Waals surface area contributed by atoms with Crippen molar-refractivity contribution in [3.05, 3.63) is 59.9 Å². The van der Waals surface area contributed by atoms with Gasteiger partial charge in [-0.3, -0.25) is 4.79 Å². The molecule has 0 spiro atoms. The van der Waals surface area contributed by atoms with Gasteiger partial charge in [-0.2, -0.15) is 0 Å². The predicted molar refractivity (Wildman–Crippen MR) is 102 cm³/mol. The van der Waals surface area contributed by atoms with Crippen LogP contribution in [-0.4, -0.2) is 52.4 Å². The van der Waals surface area contributed by atoms with E-state index in [4.69, 9.17) is 4.74 Å². The first-order valence-electron chi connectivity index (χ1n) is 9.21. The number of hydrogen-bond donors (Lipinski definition) is 0. The number of alkyl halides is 2. The third-order valence-electron chi connectivity index (χ3n) is 5.10. The van der Waals surface area contributed by atoms with Crippen molar-refractivity contribution in [2.75, 3.05) is 20.2 Å². The van der Waals surface area contributed by atoms with Crippen LogP contribution in [0.2, 0.25) is 0 Å². The van der Waals surface area contributed by atoms with Crippen molar-refractivity contribution in [1.82, 2.24) is 14.5 Å². The number of esters is 1. The lowest BCUT2D eigenvalue weighted by Crippen LogP contribution is -2.42. The number of nitrogens with zero attached hydrogens (tertiary/aromatic N) is 3. The normalized spacial score (nSPS) is 16.0. The van der Waals surface area contributed by atoms with E-state index in [-0.39, 0.29) is 31.8 Å². The molecule has 1 amide bonds. The van der Waals surface area contributed by atoms with E-state index in [2.05, 4.69) is 4.98 Å². The largest absolute Gasteiger partial charge is 0.465 e. The maximum atomic E-state index is 13.3. The van der Waals surface area contributed by atoms with Crippen molar-refractivity contribution >= 4 is 22.9 Å². The second-order valence-corrected chi connectivity index (χ2v) is 7.01. The predicted octanol–water partition coefficient (Wildman–Crippen LogP) is 3.68. The Hall–Kier alpha value is -3.29. The number of benzene rings is 1. The van der Waals surface area contributed by atoms with Crippen molar-refractivity contribution in [3.63, 3.8) is 0 Å². The third kappa shape index (κ3) is 3.70. The Balaban J connectivity index is 1.61. The number of pyridine rings is 1. The fraction of sp³-hybridized carbons (Fsp3) is 0.286. The van der Waals surface area contributed by atoms with Gasteiger partial charge < -0.3 is 14.2 Å². The molecule has 0 unspecified atom stereocenters. The first-order chi connectivity index (χ1) is 13.9. The summed E-state index contributed by atoms with van der Waals surface area (Å²) in [7, 11) is 1.32. The molecular weight excluding hydrogens is 380 g/mol. The van der Waals surface area contributed by atoms with Crippen LogP contribution in [0.15, 0.2) is 48.8 Å². The van der Waals surface area contributed by atoms with Crippen LogP contribution in [0.5, 0.6) is 0 Å². The first kappa shape index (κ1) is 19.0. The summed E-state index contributed by atoms with van der Waals surface area (Å²) >= 11 is 0. The van der Waals surface area contributed by atoms with Crippen LogP contribution in [-0.2, 0) is 4.74 Å². The summed E-state index contributed by atoms with van der Waals surface area (Å²) < 4.78 is 33.2. The number of carbonyl (C=O) groups is 2. The summed E-state index contributed by atoms with van der Waals surface area (Å²) in [6.45, 7) is 0.0659. The zero-order chi connectivity index (χ0) is 20.6. The SMILES string of the molecule is COC(=O)c1cccc(-n2ccc3cc(C(=O)N4CCC(F)(F)CC4)cnc32)c1. The second kappa shape index (κ2) is 7.27. The van der Waals surface area contributed by atoms with Gasteiger partial charge in [0.05, 0.1) is 18.2 Å². The molecule has 0 aliphatic carbocycles. The molecule has 0 N–H and O–H groups in total. The Morgan fingerprint density at radius 3 is 2.59 bits per heavy atom. The molecular formula is C21H19F2N3O3. The molecule has 0 radical (unpaired) electrons. The molecule has 3 aromatic rings. The number of piperidine rings is 1. The fourth-order valence-corrected chi connectivity index (χ4v) is 3.47. The lowest BCUT2D eigenvalue weighted by atomic mass is 10.1. The molecule has 0 bridgehead atoms. The highest BCUT2D eigenvalue weighted by Gasteiger charge is 2.35. The minimum absolute atomic E-state index is 0.0329. The molecule has 3 heterocycles. The molecule has 150 valence electrons. The molecule has 8 heteroatoms. The summed E-state index contributed by atoms with van der Waals surface area (Å²) in [6, 6.07) is 10.5. The highest BCUT2D eigenvalue weighted by Crippen LogP contribution is 2.29. The van der Waals surface area contributed by atoms with Gasteiger partial charge in [-0.25, -0.2) is 18.6 Å². The fourth-order valence-electron chi connectivity index (χ4n) is 3.47. The Bertz CT molecular complexity index is 1080. The van der Waals surface area contributed by atoms with E-state index in [1.807, 2.05) is 12.1 Å². The van der Waals surface area contributed by atoms with Crippen LogP contribution in [0.3, 0.4) is 0 Å². The topological polar surface area (TPSA) is 64.4 Å². The van der Waals surface area contributed by atoms with Crippen molar-refractivity contribution in [3.8, 4) is 5.69 Å². The molecule has 1 aromatic carbocycles.